The van der Waals surface area contributed by atoms with E-state index in [2.05, 4.69) is 50.0 Å². The van der Waals surface area contributed by atoms with Crippen molar-refractivity contribution in [3.05, 3.63) is 78.4 Å². The number of benzene rings is 3. The Labute approximate surface area is 186 Å². The van der Waals surface area contributed by atoms with Gasteiger partial charge < -0.3 is 0 Å². The van der Waals surface area contributed by atoms with E-state index in [0.717, 1.165) is 18.3 Å². The van der Waals surface area contributed by atoms with E-state index in [1.165, 1.54) is 16.7 Å². The molecule has 0 saturated carbocycles. The van der Waals surface area contributed by atoms with Gasteiger partial charge in [-0.25, -0.2) is 8.42 Å². The lowest BCUT2D eigenvalue weighted by Crippen LogP contribution is -2.48. The van der Waals surface area contributed by atoms with Crippen molar-refractivity contribution in [2.24, 2.45) is 0 Å². The summed E-state index contributed by atoms with van der Waals surface area (Å²) in [4.78, 5) is 2.55. The molecule has 31 heavy (non-hydrogen) atoms. The average molecular weight is 451 g/mol. The Bertz CT molecular complexity index is 1280. The molecular formula is C23H22N4O2S2. The second-order valence-electron chi connectivity index (χ2n) is 7.63. The van der Waals surface area contributed by atoms with Gasteiger partial charge in [0.2, 0.25) is 10.0 Å². The summed E-state index contributed by atoms with van der Waals surface area (Å²) in [6.07, 6.45) is 0. The number of piperazine rings is 1. The molecule has 0 atom stereocenters. The highest BCUT2D eigenvalue weighted by Crippen LogP contribution is 2.26. The van der Waals surface area contributed by atoms with Gasteiger partial charge >= 0.3 is 0 Å². The molecule has 1 aliphatic rings. The van der Waals surface area contributed by atoms with Gasteiger partial charge in [0.25, 0.3) is 0 Å². The van der Waals surface area contributed by atoms with E-state index >= 15 is 0 Å². The first-order chi connectivity index (χ1) is 15.1. The maximum absolute atomic E-state index is 13.2. The Morgan fingerprint density at radius 3 is 2.23 bits per heavy atom. The normalized spacial score (nSPS) is 16.0. The second-order valence-corrected chi connectivity index (χ2v) is 10.1. The topological polar surface area (TPSA) is 66.4 Å². The van der Waals surface area contributed by atoms with Gasteiger partial charge in [0.1, 0.15) is 15.9 Å². The van der Waals surface area contributed by atoms with E-state index in [4.69, 9.17) is 0 Å². The van der Waals surface area contributed by atoms with Gasteiger partial charge in [0, 0.05) is 32.7 Å². The highest BCUT2D eigenvalue weighted by Gasteiger charge is 2.30. The summed E-state index contributed by atoms with van der Waals surface area (Å²) < 4.78 is 36.3. The van der Waals surface area contributed by atoms with E-state index in [0.29, 0.717) is 37.2 Å². The van der Waals surface area contributed by atoms with Crippen LogP contribution in [0.25, 0.3) is 22.2 Å². The average Bonchev–Trinajstić information content (AvgIpc) is 3.29. The summed E-state index contributed by atoms with van der Waals surface area (Å²) >= 11 is 1.04. The Balaban J connectivity index is 1.24. The molecule has 6 nitrogen and oxygen atoms in total. The molecule has 8 heteroatoms. The van der Waals surface area contributed by atoms with Crippen molar-refractivity contribution < 1.29 is 8.42 Å². The fourth-order valence-corrected chi connectivity index (χ4v) is 6.12. The smallest absolute Gasteiger partial charge is 0.245 e. The third-order valence-electron chi connectivity index (χ3n) is 5.67. The van der Waals surface area contributed by atoms with E-state index in [-0.39, 0.29) is 4.90 Å². The van der Waals surface area contributed by atoms with Crippen molar-refractivity contribution in [2.75, 3.05) is 26.2 Å². The molecule has 1 aliphatic heterocycles. The lowest BCUT2D eigenvalue weighted by atomic mass is 10.0. The van der Waals surface area contributed by atoms with Crippen molar-refractivity contribution >= 4 is 32.8 Å². The second kappa shape index (κ2) is 8.47. The van der Waals surface area contributed by atoms with Gasteiger partial charge in [0.15, 0.2) is 0 Å². The lowest BCUT2D eigenvalue weighted by Gasteiger charge is -2.34. The largest absolute Gasteiger partial charge is 0.296 e. The molecule has 0 N–H and O–H groups in total. The summed E-state index contributed by atoms with van der Waals surface area (Å²) in [7, 11) is -3.58. The molecule has 1 aromatic heterocycles. The molecule has 5 rings (SSSR count). The zero-order valence-corrected chi connectivity index (χ0v) is 18.5. The molecule has 0 radical (unpaired) electrons. The van der Waals surface area contributed by atoms with Crippen LogP contribution < -0.4 is 0 Å². The van der Waals surface area contributed by atoms with Gasteiger partial charge in [-0.05, 0) is 28.8 Å². The molecule has 2 heterocycles. The van der Waals surface area contributed by atoms with Crippen LogP contribution in [0.15, 0.2) is 77.7 Å². The zero-order chi connectivity index (χ0) is 21.3. The minimum absolute atomic E-state index is 0.253. The zero-order valence-electron chi connectivity index (χ0n) is 16.9. The molecule has 0 bridgehead atoms. The summed E-state index contributed by atoms with van der Waals surface area (Å²) in [6.45, 7) is 3.15. The third kappa shape index (κ3) is 4.12. The predicted molar refractivity (Wildman–Crippen MR) is 123 cm³/mol. The van der Waals surface area contributed by atoms with E-state index in [9.17, 15) is 8.42 Å². The van der Waals surface area contributed by atoms with Crippen LogP contribution in [-0.2, 0) is 16.6 Å². The highest BCUT2D eigenvalue weighted by atomic mass is 32.2. The van der Waals surface area contributed by atoms with Gasteiger partial charge in [-0.3, -0.25) is 4.90 Å². The van der Waals surface area contributed by atoms with Crippen molar-refractivity contribution in [3.63, 3.8) is 0 Å². The number of hydrogen-bond donors (Lipinski definition) is 0. The van der Waals surface area contributed by atoms with Crippen LogP contribution in [0.1, 0.15) is 5.56 Å². The molecule has 1 saturated heterocycles. The monoisotopic (exact) mass is 450 g/mol. The summed E-state index contributed by atoms with van der Waals surface area (Å²) in [5.74, 6) is 0. The van der Waals surface area contributed by atoms with Crippen molar-refractivity contribution in [1.29, 1.82) is 0 Å². The van der Waals surface area contributed by atoms with Crippen molar-refractivity contribution in [2.45, 2.75) is 11.4 Å². The van der Waals surface area contributed by atoms with Crippen LogP contribution in [0.4, 0.5) is 0 Å². The fraction of sp³-hybridized carbons (Fsp3) is 0.217. The third-order valence-corrected chi connectivity index (χ3v) is 8.14. The first kappa shape index (κ1) is 20.3. The van der Waals surface area contributed by atoms with Crippen LogP contribution in [0.5, 0.6) is 0 Å². The molecule has 0 unspecified atom stereocenters. The maximum Gasteiger partial charge on any atom is 0.245 e. The Kier molecular flexibility index (Phi) is 5.54. The SMILES string of the molecule is O=S(=O)(c1cccc2nsnc12)N1CCN(Cc2ccc(-c3ccccc3)cc2)CC1. The first-order valence-electron chi connectivity index (χ1n) is 10.2. The minimum Gasteiger partial charge on any atom is -0.296 e. The molecule has 0 spiro atoms. The first-order valence-corrected chi connectivity index (χ1v) is 12.4. The number of sulfonamides is 1. The Hall–Kier alpha value is -2.65. The lowest BCUT2D eigenvalue weighted by molar-refractivity contribution is 0.181. The van der Waals surface area contributed by atoms with Gasteiger partial charge in [-0.1, -0.05) is 60.7 Å². The molecule has 1 fully saturated rings. The van der Waals surface area contributed by atoms with E-state index < -0.39 is 10.0 Å². The van der Waals surface area contributed by atoms with Crippen molar-refractivity contribution in [1.82, 2.24) is 18.0 Å². The van der Waals surface area contributed by atoms with E-state index in [1.807, 2.05) is 18.2 Å². The molecule has 4 aromatic rings. The van der Waals surface area contributed by atoms with Gasteiger partial charge in [-0.2, -0.15) is 13.1 Å². The summed E-state index contributed by atoms with van der Waals surface area (Å²) in [5.41, 5.74) is 4.73. The van der Waals surface area contributed by atoms with Crippen LogP contribution in [0, 0.1) is 0 Å². The minimum atomic E-state index is -3.58. The van der Waals surface area contributed by atoms with Gasteiger partial charge in [0.05, 0.1) is 11.7 Å². The molecule has 0 amide bonds. The van der Waals surface area contributed by atoms with Gasteiger partial charge in [-0.15, -0.1) is 0 Å². The number of nitrogens with zero attached hydrogens (tertiary/aromatic N) is 4. The Morgan fingerprint density at radius 2 is 1.48 bits per heavy atom. The molecule has 3 aromatic carbocycles. The quantitative estimate of drug-likeness (QED) is 0.462. The molecule has 0 aliphatic carbocycles. The van der Waals surface area contributed by atoms with Crippen LogP contribution >= 0.6 is 11.7 Å². The number of aromatic nitrogens is 2. The highest BCUT2D eigenvalue weighted by molar-refractivity contribution is 7.89. The maximum atomic E-state index is 13.2. The number of hydrogen-bond acceptors (Lipinski definition) is 6. The summed E-state index contributed by atoms with van der Waals surface area (Å²) in [6, 6.07) is 24.1. The number of fused-ring (bicyclic) bond motifs is 1. The Morgan fingerprint density at radius 1 is 0.774 bits per heavy atom. The fourth-order valence-electron chi connectivity index (χ4n) is 3.95. The molecular weight excluding hydrogens is 428 g/mol. The standard InChI is InChI=1S/C23H22N4O2S2/c28-31(29,22-8-4-7-21-23(22)25-30-24-21)27-15-13-26(14-16-27)17-18-9-11-20(12-10-18)19-5-2-1-3-6-19/h1-12H,13-17H2. The van der Waals surface area contributed by atoms with Crippen molar-refractivity contribution in [3.8, 4) is 11.1 Å². The summed E-state index contributed by atoms with van der Waals surface area (Å²) in [5, 5.41) is 0. The number of rotatable bonds is 5. The van der Waals surface area contributed by atoms with E-state index in [1.54, 1.807) is 22.5 Å². The van der Waals surface area contributed by atoms with Crippen LogP contribution in [-0.4, -0.2) is 52.5 Å². The molecule has 158 valence electrons. The van der Waals surface area contributed by atoms with Crippen LogP contribution in [0.3, 0.4) is 0 Å². The van der Waals surface area contributed by atoms with Crippen LogP contribution in [0.2, 0.25) is 0 Å². The predicted octanol–water partition coefficient (Wildman–Crippen LogP) is 3.86.